The first-order valence-corrected chi connectivity index (χ1v) is 7.79. The van der Waals surface area contributed by atoms with Crippen LogP contribution in [-0.2, 0) is 11.2 Å². The van der Waals surface area contributed by atoms with Crippen molar-refractivity contribution in [3.8, 4) is 0 Å². The Balaban J connectivity index is 2.03. The highest BCUT2D eigenvalue weighted by molar-refractivity contribution is 6.00. The van der Waals surface area contributed by atoms with Crippen molar-refractivity contribution in [1.82, 2.24) is 9.88 Å². The highest BCUT2D eigenvalue weighted by Crippen LogP contribution is 2.16. The molecule has 0 fully saturated rings. The molecule has 1 aromatic carbocycles. The average Bonchev–Trinajstić information content (AvgIpc) is 2.63. The Morgan fingerprint density at radius 3 is 2.58 bits per heavy atom. The normalized spacial score (nSPS) is 10.1. The number of urea groups is 1. The number of carbonyl (C=O) groups is 2. The van der Waals surface area contributed by atoms with Gasteiger partial charge in [-0.05, 0) is 31.2 Å². The van der Waals surface area contributed by atoms with E-state index in [9.17, 15) is 9.59 Å². The first-order chi connectivity index (χ1) is 11.7. The molecule has 0 aliphatic heterocycles. The summed E-state index contributed by atoms with van der Waals surface area (Å²) in [6.07, 6.45) is 2.40. The Labute approximate surface area is 141 Å². The number of esters is 1. The summed E-state index contributed by atoms with van der Waals surface area (Å²) in [6, 6.07) is 12.2. The molecule has 0 bridgehead atoms. The van der Waals surface area contributed by atoms with Gasteiger partial charge in [0.1, 0.15) is 0 Å². The Kier molecular flexibility index (Phi) is 6.31. The van der Waals surface area contributed by atoms with Crippen LogP contribution < -0.4 is 5.32 Å². The summed E-state index contributed by atoms with van der Waals surface area (Å²) in [4.78, 5) is 30.2. The topological polar surface area (TPSA) is 71.5 Å². The molecule has 0 atom stereocenters. The molecule has 0 aliphatic rings. The minimum absolute atomic E-state index is 0.259. The van der Waals surface area contributed by atoms with Gasteiger partial charge in [-0.15, -0.1) is 0 Å². The van der Waals surface area contributed by atoms with Crippen molar-refractivity contribution in [2.45, 2.75) is 13.3 Å². The molecule has 1 aromatic heterocycles. The molecule has 0 saturated carbocycles. The summed E-state index contributed by atoms with van der Waals surface area (Å²) in [5, 5.41) is 2.78. The fourth-order valence-corrected chi connectivity index (χ4v) is 2.27. The van der Waals surface area contributed by atoms with E-state index < -0.39 is 5.97 Å². The van der Waals surface area contributed by atoms with Gasteiger partial charge in [-0.3, -0.25) is 4.98 Å². The molecule has 1 heterocycles. The second-order valence-electron chi connectivity index (χ2n) is 5.12. The lowest BCUT2D eigenvalue weighted by Gasteiger charge is -2.22. The van der Waals surface area contributed by atoms with Crippen molar-refractivity contribution >= 4 is 17.7 Å². The second-order valence-corrected chi connectivity index (χ2v) is 5.12. The molecular weight excluding hydrogens is 306 g/mol. The number of nitrogens with zero attached hydrogens (tertiary/aromatic N) is 2. The van der Waals surface area contributed by atoms with Gasteiger partial charge in [0, 0.05) is 31.4 Å². The number of methoxy groups -OCH3 is 1. The van der Waals surface area contributed by atoms with E-state index in [2.05, 4.69) is 10.3 Å². The van der Waals surface area contributed by atoms with Crippen LogP contribution in [0.3, 0.4) is 0 Å². The number of para-hydroxylation sites is 1. The van der Waals surface area contributed by atoms with Crippen LogP contribution in [0.15, 0.2) is 48.7 Å². The van der Waals surface area contributed by atoms with E-state index in [-0.39, 0.29) is 6.03 Å². The molecular formula is C18H21N3O3. The molecule has 2 rings (SSSR count). The molecule has 1 N–H and O–H groups in total. The van der Waals surface area contributed by atoms with E-state index in [1.807, 2.05) is 25.1 Å². The largest absolute Gasteiger partial charge is 0.465 e. The van der Waals surface area contributed by atoms with Gasteiger partial charge in [0.25, 0.3) is 0 Å². The van der Waals surface area contributed by atoms with Gasteiger partial charge in [-0.2, -0.15) is 0 Å². The maximum absolute atomic E-state index is 12.5. The van der Waals surface area contributed by atoms with Crippen LogP contribution in [0, 0.1) is 0 Å². The van der Waals surface area contributed by atoms with Crippen molar-refractivity contribution in [2.75, 3.05) is 25.5 Å². The Morgan fingerprint density at radius 2 is 1.92 bits per heavy atom. The number of nitrogens with one attached hydrogen (secondary N) is 1. The number of likely N-dealkylation sites (N-methyl/N-ethyl adjacent to an activating group) is 1. The van der Waals surface area contributed by atoms with Crippen molar-refractivity contribution in [1.29, 1.82) is 0 Å². The lowest BCUT2D eigenvalue weighted by Crippen LogP contribution is -2.36. The van der Waals surface area contributed by atoms with E-state index in [4.69, 9.17) is 4.74 Å². The summed E-state index contributed by atoms with van der Waals surface area (Å²) >= 11 is 0. The van der Waals surface area contributed by atoms with Gasteiger partial charge in [0.2, 0.25) is 0 Å². The van der Waals surface area contributed by atoms with Crippen molar-refractivity contribution in [2.24, 2.45) is 0 Å². The van der Waals surface area contributed by atoms with E-state index in [0.29, 0.717) is 30.8 Å². The third kappa shape index (κ3) is 4.55. The molecule has 0 unspecified atom stereocenters. The van der Waals surface area contributed by atoms with Gasteiger partial charge < -0.3 is 15.0 Å². The number of amides is 2. The van der Waals surface area contributed by atoms with Crippen LogP contribution in [0.1, 0.15) is 23.0 Å². The molecule has 0 spiro atoms. The number of carbonyl (C=O) groups excluding carboxylic acids is 2. The predicted molar refractivity (Wildman–Crippen MR) is 92.0 cm³/mol. The molecule has 24 heavy (non-hydrogen) atoms. The number of ether oxygens (including phenoxy) is 1. The number of anilines is 1. The maximum Gasteiger partial charge on any atom is 0.339 e. The van der Waals surface area contributed by atoms with Crippen molar-refractivity contribution in [3.63, 3.8) is 0 Å². The molecule has 0 radical (unpaired) electrons. The number of pyridine rings is 1. The maximum atomic E-state index is 12.5. The summed E-state index contributed by atoms with van der Waals surface area (Å²) < 4.78 is 4.74. The van der Waals surface area contributed by atoms with Gasteiger partial charge in [-0.25, -0.2) is 9.59 Å². The predicted octanol–water partition coefficient (Wildman–Crippen LogP) is 2.96. The Hall–Kier alpha value is -2.89. The highest BCUT2D eigenvalue weighted by Gasteiger charge is 2.16. The molecule has 0 aliphatic carbocycles. The molecule has 2 amide bonds. The molecule has 126 valence electrons. The van der Waals surface area contributed by atoms with Crippen LogP contribution in [0.25, 0.3) is 0 Å². The third-order valence-electron chi connectivity index (χ3n) is 3.61. The summed E-state index contributed by atoms with van der Waals surface area (Å²) in [7, 11) is 1.31. The lowest BCUT2D eigenvalue weighted by atomic mass is 10.2. The standard InChI is InChI=1S/C18H21N3O3/c1-3-21(13-11-14-8-6-7-12-19-14)18(23)20-16-10-5-4-9-15(16)17(22)24-2/h4-10,12H,3,11,13H2,1-2H3,(H,20,23). The zero-order chi connectivity index (χ0) is 17.4. The fourth-order valence-electron chi connectivity index (χ4n) is 2.27. The minimum atomic E-state index is -0.484. The molecule has 0 saturated heterocycles. The van der Waals surface area contributed by atoms with E-state index >= 15 is 0 Å². The molecule has 2 aromatic rings. The van der Waals surface area contributed by atoms with Gasteiger partial charge >= 0.3 is 12.0 Å². The average molecular weight is 327 g/mol. The van der Waals surface area contributed by atoms with Crippen LogP contribution in [0.2, 0.25) is 0 Å². The first-order valence-electron chi connectivity index (χ1n) is 7.79. The monoisotopic (exact) mass is 327 g/mol. The smallest absolute Gasteiger partial charge is 0.339 e. The van der Waals surface area contributed by atoms with Crippen LogP contribution in [-0.4, -0.2) is 42.1 Å². The van der Waals surface area contributed by atoms with Crippen LogP contribution in [0.4, 0.5) is 10.5 Å². The van der Waals surface area contributed by atoms with Crippen LogP contribution in [0.5, 0.6) is 0 Å². The SMILES string of the molecule is CCN(CCc1ccccn1)C(=O)Nc1ccccc1C(=O)OC. The van der Waals surface area contributed by atoms with Crippen molar-refractivity contribution < 1.29 is 14.3 Å². The second kappa shape index (κ2) is 8.67. The van der Waals surface area contributed by atoms with E-state index in [1.54, 1.807) is 35.4 Å². The summed E-state index contributed by atoms with van der Waals surface area (Å²) in [5.74, 6) is -0.484. The van der Waals surface area contributed by atoms with Gasteiger partial charge in [-0.1, -0.05) is 18.2 Å². The molecule has 6 heteroatoms. The van der Waals surface area contributed by atoms with E-state index in [0.717, 1.165) is 5.69 Å². The number of hydrogen-bond donors (Lipinski definition) is 1. The highest BCUT2D eigenvalue weighted by atomic mass is 16.5. The zero-order valence-corrected chi connectivity index (χ0v) is 13.9. The Morgan fingerprint density at radius 1 is 1.17 bits per heavy atom. The number of rotatable bonds is 6. The fraction of sp³-hybridized carbons (Fsp3) is 0.278. The van der Waals surface area contributed by atoms with Crippen molar-refractivity contribution in [3.05, 3.63) is 59.9 Å². The number of benzene rings is 1. The van der Waals surface area contributed by atoms with Gasteiger partial charge in [0.15, 0.2) is 0 Å². The van der Waals surface area contributed by atoms with Gasteiger partial charge in [0.05, 0.1) is 18.4 Å². The first kappa shape index (κ1) is 17.5. The summed E-state index contributed by atoms with van der Waals surface area (Å²) in [6.45, 7) is 3.00. The molecule has 6 nitrogen and oxygen atoms in total. The minimum Gasteiger partial charge on any atom is -0.465 e. The van der Waals surface area contributed by atoms with Crippen LogP contribution >= 0.6 is 0 Å². The zero-order valence-electron chi connectivity index (χ0n) is 13.9. The summed E-state index contributed by atoms with van der Waals surface area (Å²) in [5.41, 5.74) is 1.69. The number of hydrogen-bond acceptors (Lipinski definition) is 4. The lowest BCUT2D eigenvalue weighted by molar-refractivity contribution is 0.0602. The quantitative estimate of drug-likeness (QED) is 0.828. The van der Waals surface area contributed by atoms with E-state index in [1.165, 1.54) is 7.11 Å². The Bertz CT molecular complexity index is 689. The number of aromatic nitrogens is 1. The third-order valence-corrected chi connectivity index (χ3v) is 3.61.